The minimum absolute atomic E-state index is 0.106. The zero-order valence-corrected chi connectivity index (χ0v) is 16.7. The van der Waals surface area contributed by atoms with Crippen LogP contribution in [-0.2, 0) is 0 Å². The summed E-state index contributed by atoms with van der Waals surface area (Å²) in [5, 5.41) is 3.62. The van der Waals surface area contributed by atoms with E-state index in [2.05, 4.69) is 58.6 Å². The van der Waals surface area contributed by atoms with Gasteiger partial charge in [0.2, 0.25) is 0 Å². The van der Waals surface area contributed by atoms with Gasteiger partial charge in [-0.25, -0.2) is 0 Å². The number of nitrogens with zero attached hydrogens (tertiary/aromatic N) is 2. The Bertz CT molecular complexity index is 796. The molecule has 4 rings (SSSR count). The Kier molecular flexibility index (Phi) is 5.43. The molecule has 0 radical (unpaired) electrons. The second-order valence-electron chi connectivity index (χ2n) is 7.72. The fourth-order valence-corrected chi connectivity index (χ4v) is 4.54. The molecule has 0 aromatic heterocycles. The third kappa shape index (κ3) is 4.00. The first-order valence-corrected chi connectivity index (χ1v) is 10.2. The number of benzene rings is 2. The molecule has 142 valence electrons. The first kappa shape index (κ1) is 18.4. The molecule has 5 heteroatoms. The summed E-state index contributed by atoms with van der Waals surface area (Å²) in [6.07, 6.45) is 1.07. The number of likely N-dealkylation sites (N-methyl/N-ethyl adjacent to an activating group) is 1. The van der Waals surface area contributed by atoms with Gasteiger partial charge in [0.15, 0.2) is 0 Å². The highest BCUT2D eigenvalue weighted by Gasteiger charge is 2.31. The molecular weight excluding hydrogens is 352 g/mol. The van der Waals surface area contributed by atoms with Gasteiger partial charge in [-0.2, -0.15) is 0 Å². The van der Waals surface area contributed by atoms with Gasteiger partial charge in [-0.05, 0) is 48.8 Å². The maximum Gasteiger partial charge on any atom is 0.0837 e. The van der Waals surface area contributed by atoms with Crippen molar-refractivity contribution < 1.29 is 0 Å². The predicted molar refractivity (Wildman–Crippen MR) is 116 cm³/mol. The van der Waals surface area contributed by atoms with Crippen molar-refractivity contribution in [1.29, 1.82) is 0 Å². The molecule has 3 N–H and O–H groups in total. The zero-order valence-electron chi connectivity index (χ0n) is 15.9. The molecule has 0 spiro atoms. The van der Waals surface area contributed by atoms with E-state index in [0.717, 1.165) is 49.8 Å². The van der Waals surface area contributed by atoms with E-state index in [1.165, 1.54) is 16.7 Å². The van der Waals surface area contributed by atoms with Crippen LogP contribution in [0.3, 0.4) is 0 Å². The Morgan fingerprint density at radius 1 is 1.00 bits per heavy atom. The van der Waals surface area contributed by atoms with Crippen molar-refractivity contribution >= 4 is 22.9 Å². The Morgan fingerprint density at radius 2 is 1.67 bits per heavy atom. The molecule has 0 amide bonds. The van der Waals surface area contributed by atoms with Crippen LogP contribution in [0, 0.1) is 0 Å². The summed E-state index contributed by atoms with van der Waals surface area (Å²) in [4.78, 5) is 5.93. The van der Waals surface area contributed by atoms with E-state index in [-0.39, 0.29) is 6.04 Å². The number of fused-ring (bicyclic) bond motifs is 1. The van der Waals surface area contributed by atoms with Crippen molar-refractivity contribution in [2.75, 3.05) is 45.5 Å². The van der Waals surface area contributed by atoms with E-state index in [0.29, 0.717) is 5.92 Å². The predicted octanol–water partition coefficient (Wildman–Crippen LogP) is 3.01. The number of nitrogens with two attached hydrogens (primary N) is 1. The van der Waals surface area contributed by atoms with Crippen molar-refractivity contribution in [2.45, 2.75) is 18.4 Å². The second-order valence-corrected chi connectivity index (χ2v) is 8.16. The summed E-state index contributed by atoms with van der Waals surface area (Å²) in [5.41, 5.74) is 10.6. The van der Waals surface area contributed by atoms with Gasteiger partial charge in [-0.3, -0.25) is 0 Å². The Balaban J connectivity index is 1.54. The number of nitrogens with one attached hydrogen (secondary N) is 1. The van der Waals surface area contributed by atoms with Crippen LogP contribution in [0.5, 0.6) is 0 Å². The molecule has 1 fully saturated rings. The minimum atomic E-state index is 0.106. The van der Waals surface area contributed by atoms with Crippen molar-refractivity contribution in [3.05, 3.63) is 65.2 Å². The van der Waals surface area contributed by atoms with E-state index in [4.69, 9.17) is 18.0 Å². The molecule has 2 heterocycles. The van der Waals surface area contributed by atoms with Gasteiger partial charge in [0, 0.05) is 37.8 Å². The number of hydrogen-bond donors (Lipinski definition) is 2. The Labute approximate surface area is 167 Å². The van der Waals surface area contributed by atoms with Crippen LogP contribution in [0.15, 0.2) is 48.5 Å². The molecular formula is C22H28N4S. The molecule has 0 saturated carbocycles. The third-order valence-electron chi connectivity index (χ3n) is 5.89. The highest BCUT2D eigenvalue weighted by molar-refractivity contribution is 7.80. The lowest BCUT2D eigenvalue weighted by Crippen LogP contribution is -2.45. The van der Waals surface area contributed by atoms with Crippen molar-refractivity contribution in [1.82, 2.24) is 15.1 Å². The fourth-order valence-electron chi connectivity index (χ4n) is 4.17. The first-order valence-electron chi connectivity index (χ1n) is 9.77. The molecule has 4 nitrogen and oxygen atoms in total. The molecule has 2 atom stereocenters. The van der Waals surface area contributed by atoms with Gasteiger partial charge in [0.05, 0.1) is 11.0 Å². The molecule has 2 aliphatic rings. The van der Waals surface area contributed by atoms with Crippen LogP contribution in [0.2, 0.25) is 0 Å². The van der Waals surface area contributed by atoms with Crippen LogP contribution in [-0.4, -0.2) is 54.6 Å². The van der Waals surface area contributed by atoms with Gasteiger partial charge in [-0.15, -0.1) is 0 Å². The van der Waals surface area contributed by atoms with Crippen LogP contribution < -0.4 is 11.1 Å². The van der Waals surface area contributed by atoms with Gasteiger partial charge < -0.3 is 20.9 Å². The topological polar surface area (TPSA) is 44.5 Å². The van der Waals surface area contributed by atoms with E-state index < -0.39 is 0 Å². The zero-order chi connectivity index (χ0) is 18.8. The number of hydrogen-bond acceptors (Lipinski definition) is 4. The standard InChI is InChI=1S/C22H28N4S/c1-25-12-14-26(15-13-25)11-10-20-18-4-2-3-5-19(18)21(24-22(20)27)16-6-8-17(23)9-7-16/h2-9,20-21H,10-15,23H2,1H3,(H,24,27). The maximum absolute atomic E-state index is 5.87. The fraction of sp³-hybridized carbons (Fsp3) is 0.409. The van der Waals surface area contributed by atoms with Gasteiger partial charge >= 0.3 is 0 Å². The molecule has 2 aliphatic heterocycles. The number of piperazine rings is 1. The molecule has 2 aromatic carbocycles. The quantitative estimate of drug-likeness (QED) is 0.631. The summed E-state index contributed by atoms with van der Waals surface area (Å²) in [6, 6.07) is 17.0. The summed E-state index contributed by atoms with van der Waals surface area (Å²) >= 11 is 5.83. The normalized spacial score (nSPS) is 23.7. The highest BCUT2D eigenvalue weighted by Crippen LogP contribution is 2.37. The second kappa shape index (κ2) is 7.97. The average Bonchev–Trinajstić information content (AvgIpc) is 2.69. The van der Waals surface area contributed by atoms with E-state index in [9.17, 15) is 0 Å². The summed E-state index contributed by atoms with van der Waals surface area (Å²) in [6.45, 7) is 5.71. The van der Waals surface area contributed by atoms with Gasteiger partial charge in [0.25, 0.3) is 0 Å². The maximum atomic E-state index is 5.87. The lowest BCUT2D eigenvalue weighted by atomic mass is 9.82. The first-order chi connectivity index (χ1) is 13.1. The molecule has 1 saturated heterocycles. The van der Waals surface area contributed by atoms with Crippen LogP contribution in [0.1, 0.15) is 35.1 Å². The van der Waals surface area contributed by atoms with E-state index in [1.807, 2.05) is 12.1 Å². The molecule has 27 heavy (non-hydrogen) atoms. The van der Waals surface area contributed by atoms with E-state index in [1.54, 1.807) is 0 Å². The summed E-state index contributed by atoms with van der Waals surface area (Å²) < 4.78 is 0. The number of rotatable bonds is 4. The van der Waals surface area contributed by atoms with E-state index >= 15 is 0 Å². The number of anilines is 1. The molecule has 0 bridgehead atoms. The summed E-state index contributed by atoms with van der Waals surface area (Å²) in [7, 11) is 2.20. The van der Waals surface area contributed by atoms with Crippen molar-refractivity contribution in [2.24, 2.45) is 0 Å². The lowest BCUT2D eigenvalue weighted by Gasteiger charge is -2.37. The van der Waals surface area contributed by atoms with Crippen LogP contribution in [0.4, 0.5) is 5.69 Å². The smallest absolute Gasteiger partial charge is 0.0837 e. The van der Waals surface area contributed by atoms with Crippen LogP contribution >= 0.6 is 12.2 Å². The van der Waals surface area contributed by atoms with Crippen LogP contribution in [0.25, 0.3) is 0 Å². The lowest BCUT2D eigenvalue weighted by molar-refractivity contribution is 0.152. The monoisotopic (exact) mass is 380 g/mol. The third-order valence-corrected chi connectivity index (χ3v) is 6.29. The SMILES string of the molecule is CN1CCN(CCC2C(=S)NC(c3ccc(N)cc3)c3ccccc32)CC1. The Morgan fingerprint density at radius 3 is 2.37 bits per heavy atom. The average molecular weight is 381 g/mol. The molecule has 2 unspecified atom stereocenters. The minimum Gasteiger partial charge on any atom is -0.399 e. The number of nitrogen functional groups attached to an aromatic ring is 1. The molecule has 0 aliphatic carbocycles. The largest absolute Gasteiger partial charge is 0.399 e. The highest BCUT2D eigenvalue weighted by atomic mass is 32.1. The van der Waals surface area contributed by atoms with Gasteiger partial charge in [0.1, 0.15) is 0 Å². The summed E-state index contributed by atoms with van der Waals surface area (Å²) in [5.74, 6) is 0.292. The van der Waals surface area contributed by atoms with Crippen molar-refractivity contribution in [3.8, 4) is 0 Å². The van der Waals surface area contributed by atoms with Crippen molar-refractivity contribution in [3.63, 3.8) is 0 Å². The number of thiocarbonyl (C=S) groups is 1. The van der Waals surface area contributed by atoms with Gasteiger partial charge in [-0.1, -0.05) is 48.6 Å². The molecule has 2 aromatic rings. The Hall–Kier alpha value is -1.95.